The van der Waals surface area contributed by atoms with Gasteiger partial charge in [0.15, 0.2) is 0 Å². The van der Waals surface area contributed by atoms with Crippen LogP contribution in [0.25, 0.3) is 0 Å². The molecule has 20 heavy (non-hydrogen) atoms. The lowest BCUT2D eigenvalue weighted by atomic mass is 10.2. The van der Waals surface area contributed by atoms with Crippen molar-refractivity contribution < 1.29 is 8.42 Å². The Kier molecular flexibility index (Phi) is 4.35. The van der Waals surface area contributed by atoms with E-state index in [1.807, 2.05) is 19.1 Å². The van der Waals surface area contributed by atoms with Gasteiger partial charge in [-0.25, -0.2) is 8.42 Å². The molecule has 0 aliphatic rings. The largest absolute Gasteiger partial charge is 0.280 e. The first-order valence-electron chi connectivity index (χ1n) is 6.17. The van der Waals surface area contributed by atoms with Gasteiger partial charge in [0.1, 0.15) is 0 Å². The van der Waals surface area contributed by atoms with Gasteiger partial charge in [-0.15, -0.1) is 11.6 Å². The van der Waals surface area contributed by atoms with E-state index in [-0.39, 0.29) is 0 Å². The average Bonchev–Trinajstić information content (AvgIpc) is 2.41. The maximum absolute atomic E-state index is 12.4. The molecule has 0 amide bonds. The standard InChI is InChI=1S/C15H16ClNO2S/c1-11-6-7-12(2)15(8-11)20(18,19)17-14-5-3-4-13(9-14)10-16/h3-9,17H,10H2,1-2H3. The summed E-state index contributed by atoms with van der Waals surface area (Å²) in [4.78, 5) is 0.300. The van der Waals surface area contributed by atoms with E-state index in [0.717, 1.165) is 16.7 Å². The second kappa shape index (κ2) is 5.85. The Hall–Kier alpha value is -1.52. The normalized spacial score (nSPS) is 11.3. The molecular formula is C15H16ClNO2S. The van der Waals surface area contributed by atoms with Gasteiger partial charge in [-0.2, -0.15) is 0 Å². The van der Waals surface area contributed by atoms with Crippen LogP contribution in [-0.2, 0) is 15.9 Å². The second-order valence-corrected chi connectivity index (χ2v) is 6.63. The van der Waals surface area contributed by atoms with Gasteiger partial charge in [0.2, 0.25) is 0 Å². The average molecular weight is 310 g/mol. The zero-order valence-corrected chi connectivity index (χ0v) is 12.9. The van der Waals surface area contributed by atoms with Crippen molar-refractivity contribution in [3.8, 4) is 0 Å². The fourth-order valence-electron chi connectivity index (χ4n) is 1.92. The van der Waals surface area contributed by atoms with Crippen LogP contribution in [0.3, 0.4) is 0 Å². The topological polar surface area (TPSA) is 46.2 Å². The number of benzene rings is 2. The summed E-state index contributed by atoms with van der Waals surface area (Å²) in [6, 6.07) is 12.4. The van der Waals surface area contributed by atoms with Crippen LogP contribution < -0.4 is 4.72 Å². The van der Waals surface area contributed by atoms with E-state index in [0.29, 0.717) is 16.5 Å². The second-order valence-electron chi connectivity index (χ2n) is 4.71. The molecule has 2 aromatic carbocycles. The van der Waals surface area contributed by atoms with Gasteiger partial charge in [-0.3, -0.25) is 4.72 Å². The zero-order chi connectivity index (χ0) is 14.8. The third-order valence-electron chi connectivity index (χ3n) is 2.97. The number of hydrogen-bond donors (Lipinski definition) is 1. The first kappa shape index (κ1) is 14.9. The summed E-state index contributed by atoms with van der Waals surface area (Å²) in [5.74, 6) is 0.346. The van der Waals surface area contributed by atoms with E-state index in [1.165, 1.54) is 0 Å². The number of hydrogen-bond acceptors (Lipinski definition) is 2. The van der Waals surface area contributed by atoms with Crippen LogP contribution in [0.5, 0.6) is 0 Å². The lowest BCUT2D eigenvalue weighted by Crippen LogP contribution is -2.14. The molecular weight excluding hydrogens is 294 g/mol. The Labute approximate surface area is 124 Å². The van der Waals surface area contributed by atoms with Crippen molar-refractivity contribution in [1.29, 1.82) is 0 Å². The van der Waals surface area contributed by atoms with E-state index in [2.05, 4.69) is 4.72 Å². The van der Waals surface area contributed by atoms with Crippen molar-refractivity contribution in [2.75, 3.05) is 4.72 Å². The number of sulfonamides is 1. The quantitative estimate of drug-likeness (QED) is 0.872. The Morgan fingerprint density at radius 1 is 1.10 bits per heavy atom. The molecule has 5 heteroatoms. The Morgan fingerprint density at radius 3 is 2.55 bits per heavy atom. The first-order valence-corrected chi connectivity index (χ1v) is 8.19. The Bertz CT molecular complexity index is 726. The van der Waals surface area contributed by atoms with Crippen LogP contribution in [0.2, 0.25) is 0 Å². The van der Waals surface area contributed by atoms with E-state index in [9.17, 15) is 8.42 Å². The molecule has 0 heterocycles. The maximum atomic E-state index is 12.4. The molecule has 0 aliphatic heterocycles. The van der Waals surface area contributed by atoms with Crippen molar-refractivity contribution in [2.45, 2.75) is 24.6 Å². The molecule has 2 rings (SSSR count). The monoisotopic (exact) mass is 309 g/mol. The lowest BCUT2D eigenvalue weighted by molar-refractivity contribution is 0.600. The summed E-state index contributed by atoms with van der Waals surface area (Å²) < 4.78 is 27.5. The molecule has 3 nitrogen and oxygen atoms in total. The Balaban J connectivity index is 2.38. The minimum absolute atomic E-state index is 0.300. The summed E-state index contributed by atoms with van der Waals surface area (Å²) >= 11 is 5.76. The molecule has 0 saturated carbocycles. The number of halogens is 1. The highest BCUT2D eigenvalue weighted by Crippen LogP contribution is 2.21. The number of nitrogens with one attached hydrogen (secondary N) is 1. The summed E-state index contributed by atoms with van der Waals surface area (Å²) in [5, 5.41) is 0. The van der Waals surface area contributed by atoms with Gasteiger partial charge >= 0.3 is 0 Å². The van der Waals surface area contributed by atoms with Crippen molar-refractivity contribution in [3.63, 3.8) is 0 Å². The molecule has 0 radical (unpaired) electrons. The predicted molar refractivity (Wildman–Crippen MR) is 82.7 cm³/mol. The number of anilines is 1. The van der Waals surface area contributed by atoms with Crippen LogP contribution in [0.15, 0.2) is 47.4 Å². The maximum Gasteiger partial charge on any atom is 0.262 e. The molecule has 0 aromatic heterocycles. The molecule has 0 bridgehead atoms. The summed E-state index contributed by atoms with van der Waals surface area (Å²) in [5.41, 5.74) is 3.01. The molecule has 0 spiro atoms. The Morgan fingerprint density at radius 2 is 1.85 bits per heavy atom. The van der Waals surface area contributed by atoms with Gasteiger partial charge in [0, 0.05) is 11.6 Å². The van der Waals surface area contributed by atoms with Crippen LogP contribution in [-0.4, -0.2) is 8.42 Å². The minimum Gasteiger partial charge on any atom is -0.280 e. The molecule has 106 valence electrons. The first-order chi connectivity index (χ1) is 9.42. The SMILES string of the molecule is Cc1ccc(C)c(S(=O)(=O)Nc2cccc(CCl)c2)c1. The highest BCUT2D eigenvalue weighted by atomic mass is 35.5. The molecule has 0 atom stereocenters. The lowest BCUT2D eigenvalue weighted by Gasteiger charge is -2.11. The third-order valence-corrected chi connectivity index (χ3v) is 4.80. The van der Waals surface area contributed by atoms with Gasteiger partial charge in [-0.1, -0.05) is 24.3 Å². The van der Waals surface area contributed by atoms with Gasteiger partial charge in [0.25, 0.3) is 10.0 Å². The van der Waals surface area contributed by atoms with Crippen molar-refractivity contribution in [3.05, 3.63) is 59.2 Å². The van der Waals surface area contributed by atoms with E-state index < -0.39 is 10.0 Å². The van der Waals surface area contributed by atoms with Crippen LogP contribution in [0.4, 0.5) is 5.69 Å². The van der Waals surface area contributed by atoms with Crippen molar-refractivity contribution in [2.24, 2.45) is 0 Å². The molecule has 0 fully saturated rings. The summed E-state index contributed by atoms with van der Waals surface area (Å²) in [7, 11) is -3.58. The van der Waals surface area contributed by atoms with Crippen LogP contribution in [0, 0.1) is 13.8 Å². The molecule has 1 N–H and O–H groups in total. The predicted octanol–water partition coefficient (Wildman–Crippen LogP) is 3.84. The summed E-state index contributed by atoms with van der Waals surface area (Å²) in [6.07, 6.45) is 0. The molecule has 0 aliphatic carbocycles. The number of rotatable bonds is 4. The molecule has 0 unspecified atom stereocenters. The van der Waals surface area contributed by atoms with Gasteiger partial charge < -0.3 is 0 Å². The number of aryl methyl sites for hydroxylation is 2. The molecule has 2 aromatic rings. The smallest absolute Gasteiger partial charge is 0.262 e. The van der Waals surface area contributed by atoms with E-state index in [4.69, 9.17) is 11.6 Å². The van der Waals surface area contributed by atoms with Crippen LogP contribution in [0.1, 0.15) is 16.7 Å². The minimum atomic E-state index is -3.58. The zero-order valence-electron chi connectivity index (χ0n) is 11.4. The van der Waals surface area contributed by atoms with Gasteiger partial charge in [-0.05, 0) is 48.7 Å². The van der Waals surface area contributed by atoms with Gasteiger partial charge in [0.05, 0.1) is 4.90 Å². The van der Waals surface area contributed by atoms with Crippen molar-refractivity contribution >= 4 is 27.3 Å². The highest BCUT2D eigenvalue weighted by molar-refractivity contribution is 7.92. The number of alkyl halides is 1. The molecule has 0 saturated heterocycles. The fourth-order valence-corrected chi connectivity index (χ4v) is 3.47. The third kappa shape index (κ3) is 3.32. The van der Waals surface area contributed by atoms with E-state index >= 15 is 0 Å². The fraction of sp³-hybridized carbons (Fsp3) is 0.200. The highest BCUT2D eigenvalue weighted by Gasteiger charge is 2.17. The van der Waals surface area contributed by atoms with E-state index in [1.54, 1.807) is 37.3 Å². The van der Waals surface area contributed by atoms with Crippen LogP contribution >= 0.6 is 11.6 Å². The van der Waals surface area contributed by atoms with Crippen molar-refractivity contribution in [1.82, 2.24) is 0 Å². The summed E-state index contributed by atoms with van der Waals surface area (Å²) in [6.45, 7) is 3.65.